The number of nitriles is 1. The van der Waals surface area contributed by atoms with E-state index in [1.165, 1.54) is 6.07 Å². The smallest absolute Gasteiger partial charge is 0.132 e. The van der Waals surface area contributed by atoms with Crippen molar-refractivity contribution in [2.24, 2.45) is 5.73 Å². The van der Waals surface area contributed by atoms with E-state index in [2.05, 4.69) is 6.07 Å². The summed E-state index contributed by atoms with van der Waals surface area (Å²) in [6, 6.07) is 12.1. The van der Waals surface area contributed by atoms with Crippen molar-refractivity contribution in [3.8, 4) is 17.6 Å². The van der Waals surface area contributed by atoms with Gasteiger partial charge in [-0.3, -0.25) is 0 Å². The van der Waals surface area contributed by atoms with Crippen LogP contribution in [0.5, 0.6) is 11.5 Å². The first kappa shape index (κ1) is 15.0. The molecular weight excluding hydrogens is 267 g/mol. The molecule has 4 heteroatoms. The Kier molecular flexibility index (Phi) is 4.56. The fourth-order valence-electron chi connectivity index (χ4n) is 2.01. The third-order valence-electron chi connectivity index (χ3n) is 3.22. The van der Waals surface area contributed by atoms with E-state index in [1.54, 1.807) is 32.0 Å². The Hall–Kier alpha value is -2.38. The van der Waals surface area contributed by atoms with Crippen LogP contribution in [0.2, 0.25) is 0 Å². The van der Waals surface area contributed by atoms with Crippen molar-refractivity contribution in [1.82, 2.24) is 0 Å². The summed E-state index contributed by atoms with van der Waals surface area (Å²) >= 11 is 0. The van der Waals surface area contributed by atoms with Crippen LogP contribution in [-0.4, -0.2) is 0 Å². The first-order valence-corrected chi connectivity index (χ1v) is 6.70. The highest BCUT2D eigenvalue weighted by atomic mass is 19.1. The second kappa shape index (κ2) is 6.38. The van der Waals surface area contributed by atoms with Crippen molar-refractivity contribution in [3.63, 3.8) is 0 Å². The number of nitrogens with zero attached hydrogens (tertiary/aromatic N) is 1. The SMILES string of the molecule is Cc1cc(Oc2ccc(CC#N)cc2)c([C@@H](C)N)cc1F. The van der Waals surface area contributed by atoms with Gasteiger partial charge in [0.15, 0.2) is 0 Å². The van der Waals surface area contributed by atoms with E-state index in [0.717, 1.165) is 5.56 Å². The molecule has 108 valence electrons. The van der Waals surface area contributed by atoms with E-state index in [9.17, 15) is 4.39 Å². The van der Waals surface area contributed by atoms with Crippen LogP contribution in [0, 0.1) is 24.1 Å². The van der Waals surface area contributed by atoms with Crippen LogP contribution in [0.1, 0.15) is 29.7 Å². The predicted octanol–water partition coefficient (Wildman–Crippen LogP) is 4.01. The van der Waals surface area contributed by atoms with Crippen LogP contribution in [0.25, 0.3) is 0 Å². The second-order valence-corrected chi connectivity index (χ2v) is 5.01. The molecule has 0 aliphatic heterocycles. The summed E-state index contributed by atoms with van der Waals surface area (Å²) in [5.41, 5.74) is 7.93. The minimum Gasteiger partial charge on any atom is -0.457 e. The van der Waals surface area contributed by atoms with Gasteiger partial charge >= 0.3 is 0 Å². The fraction of sp³-hybridized carbons (Fsp3) is 0.235. The summed E-state index contributed by atoms with van der Waals surface area (Å²) < 4.78 is 19.5. The first-order valence-electron chi connectivity index (χ1n) is 6.70. The van der Waals surface area contributed by atoms with Gasteiger partial charge in [-0.1, -0.05) is 12.1 Å². The molecule has 0 radical (unpaired) electrons. The maximum Gasteiger partial charge on any atom is 0.132 e. The molecule has 0 aliphatic rings. The molecule has 0 bridgehead atoms. The molecule has 0 saturated heterocycles. The quantitative estimate of drug-likeness (QED) is 0.922. The van der Waals surface area contributed by atoms with Crippen LogP contribution in [0.4, 0.5) is 4.39 Å². The predicted molar refractivity (Wildman–Crippen MR) is 79.6 cm³/mol. The number of ether oxygens (including phenoxy) is 1. The van der Waals surface area contributed by atoms with Crippen molar-refractivity contribution in [2.45, 2.75) is 26.3 Å². The van der Waals surface area contributed by atoms with E-state index in [1.807, 2.05) is 12.1 Å². The lowest BCUT2D eigenvalue weighted by molar-refractivity contribution is 0.468. The summed E-state index contributed by atoms with van der Waals surface area (Å²) in [7, 11) is 0. The van der Waals surface area contributed by atoms with Gasteiger partial charge in [-0.2, -0.15) is 5.26 Å². The van der Waals surface area contributed by atoms with Crippen LogP contribution in [0.15, 0.2) is 36.4 Å². The van der Waals surface area contributed by atoms with Gasteiger partial charge in [-0.05, 0) is 49.2 Å². The Bertz CT molecular complexity index is 672. The van der Waals surface area contributed by atoms with Crippen LogP contribution < -0.4 is 10.5 Å². The van der Waals surface area contributed by atoms with E-state index in [-0.39, 0.29) is 11.9 Å². The molecule has 1 atom stereocenters. The summed E-state index contributed by atoms with van der Waals surface area (Å²) in [6.45, 7) is 3.47. The average Bonchev–Trinajstić information content (AvgIpc) is 2.44. The lowest BCUT2D eigenvalue weighted by Crippen LogP contribution is -2.08. The summed E-state index contributed by atoms with van der Waals surface area (Å²) in [5, 5.41) is 8.65. The number of halogens is 1. The Labute approximate surface area is 123 Å². The molecule has 0 spiro atoms. The maximum absolute atomic E-state index is 13.7. The lowest BCUT2D eigenvalue weighted by atomic mass is 10.0. The topological polar surface area (TPSA) is 59.0 Å². The summed E-state index contributed by atoms with van der Waals surface area (Å²) in [5.74, 6) is 0.889. The zero-order chi connectivity index (χ0) is 15.4. The summed E-state index contributed by atoms with van der Waals surface area (Å²) in [4.78, 5) is 0. The second-order valence-electron chi connectivity index (χ2n) is 5.01. The van der Waals surface area contributed by atoms with Gasteiger partial charge in [-0.25, -0.2) is 4.39 Å². The van der Waals surface area contributed by atoms with Gasteiger partial charge < -0.3 is 10.5 Å². The molecule has 21 heavy (non-hydrogen) atoms. The fourth-order valence-corrected chi connectivity index (χ4v) is 2.01. The van der Waals surface area contributed by atoms with Gasteiger partial charge in [0.2, 0.25) is 0 Å². The van der Waals surface area contributed by atoms with Crippen molar-refractivity contribution in [2.75, 3.05) is 0 Å². The number of benzene rings is 2. The van der Waals surface area contributed by atoms with Crippen LogP contribution in [-0.2, 0) is 6.42 Å². The minimum absolute atomic E-state index is 0.293. The van der Waals surface area contributed by atoms with Crippen LogP contribution >= 0.6 is 0 Å². The molecule has 0 unspecified atom stereocenters. The number of hydrogen-bond acceptors (Lipinski definition) is 3. The third-order valence-corrected chi connectivity index (χ3v) is 3.22. The standard InChI is InChI=1S/C17H17FN2O/c1-11-9-17(15(12(2)20)10-16(11)18)21-14-5-3-13(4-6-14)7-8-19/h3-6,9-10,12H,7,20H2,1-2H3/t12-/m1/s1. The van der Waals surface area contributed by atoms with Gasteiger partial charge in [-0.15, -0.1) is 0 Å². The molecule has 0 amide bonds. The molecule has 0 heterocycles. The largest absolute Gasteiger partial charge is 0.457 e. The van der Waals surface area contributed by atoms with Crippen molar-refractivity contribution in [3.05, 3.63) is 58.9 Å². The van der Waals surface area contributed by atoms with E-state index in [0.29, 0.717) is 29.0 Å². The third kappa shape index (κ3) is 3.59. The number of nitrogens with two attached hydrogens (primary N) is 1. The summed E-state index contributed by atoms with van der Waals surface area (Å²) in [6.07, 6.45) is 0.362. The van der Waals surface area contributed by atoms with Gasteiger partial charge in [0.1, 0.15) is 17.3 Å². The van der Waals surface area contributed by atoms with Crippen molar-refractivity contribution >= 4 is 0 Å². The maximum atomic E-state index is 13.7. The first-order chi connectivity index (χ1) is 10.0. The zero-order valence-corrected chi connectivity index (χ0v) is 12.1. The normalized spacial score (nSPS) is 11.8. The van der Waals surface area contributed by atoms with Crippen LogP contribution in [0.3, 0.4) is 0 Å². The van der Waals surface area contributed by atoms with Gasteiger partial charge in [0.05, 0.1) is 12.5 Å². The Morgan fingerprint density at radius 3 is 2.52 bits per heavy atom. The average molecular weight is 284 g/mol. The monoisotopic (exact) mass is 284 g/mol. The molecule has 2 N–H and O–H groups in total. The van der Waals surface area contributed by atoms with Crippen molar-refractivity contribution < 1.29 is 9.13 Å². The molecule has 0 aliphatic carbocycles. The Morgan fingerprint density at radius 1 is 1.29 bits per heavy atom. The molecule has 0 aromatic heterocycles. The minimum atomic E-state index is -0.326. The molecule has 0 fully saturated rings. The highest BCUT2D eigenvalue weighted by Crippen LogP contribution is 2.31. The van der Waals surface area contributed by atoms with E-state index in [4.69, 9.17) is 15.7 Å². The van der Waals surface area contributed by atoms with E-state index >= 15 is 0 Å². The molecule has 2 rings (SSSR count). The number of hydrogen-bond donors (Lipinski definition) is 1. The van der Waals surface area contributed by atoms with Crippen molar-refractivity contribution in [1.29, 1.82) is 5.26 Å². The number of aryl methyl sites for hydroxylation is 1. The molecule has 2 aromatic carbocycles. The van der Waals surface area contributed by atoms with E-state index < -0.39 is 0 Å². The Morgan fingerprint density at radius 2 is 1.95 bits per heavy atom. The number of rotatable bonds is 4. The molecule has 0 saturated carbocycles. The highest BCUT2D eigenvalue weighted by Gasteiger charge is 2.13. The zero-order valence-electron chi connectivity index (χ0n) is 12.1. The molecule has 3 nitrogen and oxygen atoms in total. The van der Waals surface area contributed by atoms with Gasteiger partial charge in [0.25, 0.3) is 0 Å². The Balaban J connectivity index is 2.30. The highest BCUT2D eigenvalue weighted by molar-refractivity contribution is 5.43. The lowest BCUT2D eigenvalue weighted by Gasteiger charge is -2.15. The van der Waals surface area contributed by atoms with Gasteiger partial charge in [0, 0.05) is 11.6 Å². The molecular formula is C17H17FN2O. The molecule has 2 aromatic rings.